The molecular weight excluding hydrogens is 451 g/mol. The molecule has 3 rings (SSSR count). The van der Waals surface area contributed by atoms with E-state index in [2.05, 4.69) is 20.9 Å². The smallest absolute Gasteiger partial charge is 0.226 e. The summed E-state index contributed by atoms with van der Waals surface area (Å²) in [5.41, 5.74) is 1.02. The molecule has 0 bridgehead atoms. The van der Waals surface area contributed by atoms with Crippen molar-refractivity contribution in [1.82, 2.24) is 9.88 Å². The summed E-state index contributed by atoms with van der Waals surface area (Å²) in [4.78, 5) is 19.4. The van der Waals surface area contributed by atoms with Gasteiger partial charge in [0.05, 0.1) is 6.10 Å². The SMILES string of the molecule is O=C(C1CCC(O)C(Br)C1)N(Cc1cccnc1)CC1CCC(Cl)CC1Cl. The number of alkyl halides is 3. The van der Waals surface area contributed by atoms with Crippen molar-refractivity contribution in [1.29, 1.82) is 0 Å². The predicted octanol–water partition coefficient (Wildman–Crippen LogP) is 4.35. The number of aromatic nitrogens is 1. The Labute approximate surface area is 179 Å². The van der Waals surface area contributed by atoms with Crippen molar-refractivity contribution in [3.8, 4) is 0 Å². The van der Waals surface area contributed by atoms with Gasteiger partial charge in [-0.3, -0.25) is 9.78 Å². The molecule has 1 amide bonds. The molecular formula is C20H27BrCl2N2O2. The van der Waals surface area contributed by atoms with Crippen LogP contribution in [0.1, 0.15) is 44.1 Å². The molecule has 0 saturated heterocycles. The Hall–Kier alpha value is -0.360. The summed E-state index contributed by atoms with van der Waals surface area (Å²) in [7, 11) is 0. The number of pyridine rings is 1. The van der Waals surface area contributed by atoms with Crippen LogP contribution in [-0.2, 0) is 11.3 Å². The van der Waals surface area contributed by atoms with E-state index in [4.69, 9.17) is 23.2 Å². The predicted molar refractivity (Wildman–Crippen MR) is 112 cm³/mol. The minimum atomic E-state index is -0.368. The third-order valence-corrected chi connectivity index (χ3v) is 7.71. The van der Waals surface area contributed by atoms with Gasteiger partial charge in [0.1, 0.15) is 0 Å². The van der Waals surface area contributed by atoms with Crippen LogP contribution >= 0.6 is 39.1 Å². The highest BCUT2D eigenvalue weighted by atomic mass is 79.9. The average Bonchev–Trinajstić information content (AvgIpc) is 2.65. The van der Waals surface area contributed by atoms with E-state index in [1.54, 1.807) is 6.20 Å². The Morgan fingerprint density at radius 3 is 2.74 bits per heavy atom. The van der Waals surface area contributed by atoms with Crippen molar-refractivity contribution < 1.29 is 9.90 Å². The summed E-state index contributed by atoms with van der Waals surface area (Å²) in [6, 6.07) is 3.89. The summed E-state index contributed by atoms with van der Waals surface area (Å²) in [5.74, 6) is 0.357. The van der Waals surface area contributed by atoms with Gasteiger partial charge in [-0.05, 0) is 56.1 Å². The van der Waals surface area contributed by atoms with Gasteiger partial charge in [-0.25, -0.2) is 0 Å². The number of hydrogen-bond acceptors (Lipinski definition) is 3. The first-order valence-corrected chi connectivity index (χ1v) is 11.5. The molecule has 6 unspecified atom stereocenters. The van der Waals surface area contributed by atoms with Crippen LogP contribution in [0, 0.1) is 11.8 Å². The van der Waals surface area contributed by atoms with Gasteiger partial charge in [0.25, 0.3) is 0 Å². The molecule has 0 spiro atoms. The van der Waals surface area contributed by atoms with Gasteiger partial charge in [-0.2, -0.15) is 0 Å². The van der Waals surface area contributed by atoms with Crippen molar-refractivity contribution in [2.24, 2.45) is 11.8 Å². The molecule has 0 aliphatic heterocycles. The summed E-state index contributed by atoms with van der Waals surface area (Å²) in [6.07, 6.45) is 7.92. The first-order chi connectivity index (χ1) is 12.9. The minimum absolute atomic E-state index is 0.00236. The van der Waals surface area contributed by atoms with Crippen LogP contribution in [0.4, 0.5) is 0 Å². The van der Waals surface area contributed by atoms with Gasteiger partial charge in [-0.1, -0.05) is 22.0 Å². The fourth-order valence-electron chi connectivity index (χ4n) is 4.15. The lowest BCUT2D eigenvalue weighted by Crippen LogP contribution is -2.44. The molecule has 150 valence electrons. The van der Waals surface area contributed by atoms with Crippen molar-refractivity contribution in [3.63, 3.8) is 0 Å². The lowest BCUT2D eigenvalue weighted by atomic mass is 9.85. The lowest BCUT2D eigenvalue weighted by molar-refractivity contribution is -0.138. The summed E-state index contributed by atoms with van der Waals surface area (Å²) in [6.45, 7) is 1.20. The van der Waals surface area contributed by atoms with E-state index in [-0.39, 0.29) is 39.4 Å². The number of rotatable bonds is 5. The average molecular weight is 478 g/mol. The number of aliphatic hydroxyl groups is 1. The van der Waals surface area contributed by atoms with Crippen LogP contribution in [-0.4, -0.2) is 49.1 Å². The van der Waals surface area contributed by atoms with Gasteiger partial charge in [0, 0.05) is 47.0 Å². The number of carbonyl (C=O) groups excluding carboxylic acids is 1. The van der Waals surface area contributed by atoms with Crippen molar-refractivity contribution in [3.05, 3.63) is 30.1 Å². The second-order valence-electron chi connectivity index (χ2n) is 7.86. The van der Waals surface area contributed by atoms with Crippen LogP contribution < -0.4 is 0 Å². The van der Waals surface area contributed by atoms with Gasteiger partial charge >= 0.3 is 0 Å². The third-order valence-electron chi connectivity index (χ3n) is 5.79. The summed E-state index contributed by atoms with van der Waals surface area (Å²) < 4.78 is 0. The number of amides is 1. The first-order valence-electron chi connectivity index (χ1n) is 9.72. The topological polar surface area (TPSA) is 53.4 Å². The van der Waals surface area contributed by atoms with E-state index >= 15 is 0 Å². The van der Waals surface area contributed by atoms with Crippen molar-refractivity contribution >= 4 is 45.0 Å². The van der Waals surface area contributed by atoms with E-state index in [0.717, 1.165) is 31.2 Å². The highest BCUT2D eigenvalue weighted by Crippen LogP contribution is 2.35. The van der Waals surface area contributed by atoms with Crippen molar-refractivity contribution in [2.75, 3.05) is 6.54 Å². The maximum Gasteiger partial charge on any atom is 0.226 e. The number of halogens is 3. The van der Waals surface area contributed by atoms with Gasteiger partial charge in [0.15, 0.2) is 0 Å². The van der Waals surface area contributed by atoms with E-state index in [9.17, 15) is 9.90 Å². The maximum absolute atomic E-state index is 13.3. The molecule has 2 fully saturated rings. The quantitative estimate of drug-likeness (QED) is 0.641. The Bertz CT molecular complexity index is 621. The van der Waals surface area contributed by atoms with Crippen LogP contribution in [0.2, 0.25) is 0 Å². The molecule has 27 heavy (non-hydrogen) atoms. The number of carbonyl (C=O) groups is 1. The van der Waals surface area contributed by atoms with Crippen LogP contribution in [0.15, 0.2) is 24.5 Å². The zero-order chi connectivity index (χ0) is 19.4. The zero-order valence-corrected chi connectivity index (χ0v) is 18.4. The van der Waals surface area contributed by atoms with E-state index in [1.165, 1.54) is 0 Å². The molecule has 2 saturated carbocycles. The lowest BCUT2D eigenvalue weighted by Gasteiger charge is -2.37. The molecule has 4 nitrogen and oxygen atoms in total. The number of nitrogens with zero attached hydrogens (tertiary/aromatic N) is 2. The second-order valence-corrected chi connectivity index (χ2v) is 10.2. The Morgan fingerprint density at radius 1 is 1.26 bits per heavy atom. The van der Waals surface area contributed by atoms with Crippen LogP contribution in [0.3, 0.4) is 0 Å². The molecule has 1 heterocycles. The Kier molecular flexibility index (Phi) is 7.83. The molecule has 1 N–H and O–H groups in total. The van der Waals surface area contributed by atoms with E-state index < -0.39 is 0 Å². The monoisotopic (exact) mass is 476 g/mol. The van der Waals surface area contributed by atoms with Crippen LogP contribution in [0.25, 0.3) is 0 Å². The Morgan fingerprint density at radius 2 is 2.07 bits per heavy atom. The van der Waals surface area contributed by atoms with E-state index in [1.807, 2.05) is 23.2 Å². The molecule has 2 aliphatic rings. The standard InChI is InChI=1S/C20H27BrCl2N2O2/c21-17-8-14(4-6-19(17)26)20(27)25(11-13-2-1-7-24-10-13)12-15-3-5-16(22)9-18(15)23/h1-2,7,10,14-19,26H,3-6,8-9,11-12H2. The molecule has 1 aromatic rings. The first kappa shape index (κ1) is 21.4. The molecule has 6 atom stereocenters. The number of hydrogen-bond donors (Lipinski definition) is 1. The minimum Gasteiger partial charge on any atom is -0.392 e. The second kappa shape index (κ2) is 9.91. The molecule has 0 radical (unpaired) electrons. The molecule has 7 heteroatoms. The normalized spacial score (nSPS) is 34.2. The molecule has 0 aromatic carbocycles. The molecule has 2 aliphatic carbocycles. The Balaban J connectivity index is 1.72. The maximum atomic E-state index is 13.3. The molecule has 1 aromatic heterocycles. The van der Waals surface area contributed by atoms with Crippen molar-refractivity contribution in [2.45, 2.75) is 66.8 Å². The third kappa shape index (κ3) is 5.81. The summed E-state index contributed by atoms with van der Waals surface area (Å²) in [5, 5.41) is 10.1. The van der Waals surface area contributed by atoms with Gasteiger partial charge in [-0.15, -0.1) is 23.2 Å². The van der Waals surface area contributed by atoms with Gasteiger partial charge < -0.3 is 10.0 Å². The number of aliphatic hydroxyl groups excluding tert-OH is 1. The zero-order valence-electron chi connectivity index (χ0n) is 15.3. The highest BCUT2D eigenvalue weighted by molar-refractivity contribution is 9.09. The van der Waals surface area contributed by atoms with E-state index in [0.29, 0.717) is 25.9 Å². The fourth-order valence-corrected chi connectivity index (χ4v) is 5.69. The van der Waals surface area contributed by atoms with Gasteiger partial charge in [0.2, 0.25) is 5.91 Å². The largest absolute Gasteiger partial charge is 0.392 e. The highest BCUT2D eigenvalue weighted by Gasteiger charge is 2.36. The van der Waals surface area contributed by atoms with Crippen LogP contribution in [0.5, 0.6) is 0 Å². The fraction of sp³-hybridized carbons (Fsp3) is 0.700. The summed E-state index contributed by atoms with van der Waals surface area (Å²) >= 11 is 16.4.